The summed E-state index contributed by atoms with van der Waals surface area (Å²) < 4.78 is 5.36. The predicted molar refractivity (Wildman–Crippen MR) is 64.9 cm³/mol. The lowest BCUT2D eigenvalue weighted by Gasteiger charge is -2.34. The molecule has 1 aliphatic heterocycles. The number of carbonyl (C=O) groups is 1. The Hall–Kier alpha value is -1.63. The Bertz CT molecular complexity index is 398. The molecule has 0 bridgehead atoms. The molecule has 7 nitrogen and oxygen atoms in total. The SMILES string of the molecule is CC(C)(C)OC(=O)N1CCNC(c2cn[nH]n2)C1. The molecule has 1 unspecified atom stereocenters. The summed E-state index contributed by atoms with van der Waals surface area (Å²) in [6.07, 6.45) is 1.38. The van der Waals surface area contributed by atoms with Crippen LogP contribution in [0.2, 0.25) is 0 Å². The molecule has 2 heterocycles. The van der Waals surface area contributed by atoms with Crippen LogP contribution in [0.5, 0.6) is 0 Å². The second-order valence-electron chi connectivity index (χ2n) is 5.33. The minimum Gasteiger partial charge on any atom is -0.444 e. The van der Waals surface area contributed by atoms with Crippen LogP contribution in [0.25, 0.3) is 0 Å². The Kier molecular flexibility index (Phi) is 3.51. The van der Waals surface area contributed by atoms with E-state index in [2.05, 4.69) is 20.7 Å². The van der Waals surface area contributed by atoms with Crippen molar-refractivity contribution >= 4 is 6.09 Å². The summed E-state index contributed by atoms with van der Waals surface area (Å²) in [6, 6.07) is 0.00465. The Labute approximate surface area is 106 Å². The van der Waals surface area contributed by atoms with E-state index in [-0.39, 0.29) is 12.1 Å². The molecule has 1 aromatic heterocycles. The zero-order chi connectivity index (χ0) is 13.2. The number of nitrogens with one attached hydrogen (secondary N) is 2. The van der Waals surface area contributed by atoms with E-state index in [9.17, 15) is 4.79 Å². The van der Waals surface area contributed by atoms with Crippen LogP contribution in [-0.2, 0) is 4.74 Å². The van der Waals surface area contributed by atoms with Gasteiger partial charge in [-0.15, -0.1) is 0 Å². The number of H-pyrrole nitrogens is 1. The molecule has 0 spiro atoms. The molecule has 2 rings (SSSR count). The van der Waals surface area contributed by atoms with E-state index in [0.717, 1.165) is 12.2 Å². The number of hydrogen-bond donors (Lipinski definition) is 2. The lowest BCUT2D eigenvalue weighted by Crippen LogP contribution is -2.49. The summed E-state index contributed by atoms with van der Waals surface area (Å²) in [7, 11) is 0. The molecular weight excluding hydrogens is 234 g/mol. The van der Waals surface area contributed by atoms with Gasteiger partial charge in [-0.1, -0.05) is 0 Å². The van der Waals surface area contributed by atoms with E-state index in [4.69, 9.17) is 4.74 Å². The Morgan fingerprint density at radius 3 is 2.94 bits per heavy atom. The van der Waals surface area contributed by atoms with Gasteiger partial charge in [0.2, 0.25) is 0 Å². The van der Waals surface area contributed by atoms with Crippen molar-refractivity contribution in [1.82, 2.24) is 25.6 Å². The van der Waals surface area contributed by atoms with Crippen molar-refractivity contribution in [3.8, 4) is 0 Å². The number of piperazine rings is 1. The summed E-state index contributed by atoms with van der Waals surface area (Å²) in [5.74, 6) is 0. The molecule has 2 N–H and O–H groups in total. The number of aromatic amines is 1. The van der Waals surface area contributed by atoms with Crippen LogP contribution in [0, 0.1) is 0 Å². The highest BCUT2D eigenvalue weighted by atomic mass is 16.6. The van der Waals surface area contributed by atoms with Gasteiger partial charge in [0.15, 0.2) is 0 Å². The molecule has 7 heteroatoms. The van der Waals surface area contributed by atoms with E-state index < -0.39 is 5.60 Å². The van der Waals surface area contributed by atoms with E-state index in [1.807, 2.05) is 20.8 Å². The quantitative estimate of drug-likeness (QED) is 0.769. The second-order valence-corrected chi connectivity index (χ2v) is 5.33. The van der Waals surface area contributed by atoms with Gasteiger partial charge < -0.3 is 15.0 Å². The molecule has 100 valence electrons. The molecule has 1 atom stereocenters. The lowest BCUT2D eigenvalue weighted by atomic mass is 10.1. The third-order valence-corrected chi connectivity index (χ3v) is 2.62. The molecule has 0 saturated carbocycles. The monoisotopic (exact) mass is 253 g/mol. The Balaban J connectivity index is 1.96. The fourth-order valence-electron chi connectivity index (χ4n) is 1.82. The van der Waals surface area contributed by atoms with Crippen LogP contribution in [-0.4, -0.2) is 51.6 Å². The number of hydrogen-bond acceptors (Lipinski definition) is 5. The molecule has 0 aromatic carbocycles. The van der Waals surface area contributed by atoms with Crippen molar-refractivity contribution in [3.05, 3.63) is 11.9 Å². The fourth-order valence-corrected chi connectivity index (χ4v) is 1.82. The lowest BCUT2D eigenvalue weighted by molar-refractivity contribution is 0.0193. The van der Waals surface area contributed by atoms with Crippen LogP contribution in [0.4, 0.5) is 4.79 Å². The third kappa shape index (κ3) is 3.19. The van der Waals surface area contributed by atoms with Crippen LogP contribution in [0.3, 0.4) is 0 Å². The first-order chi connectivity index (χ1) is 8.46. The highest BCUT2D eigenvalue weighted by Crippen LogP contribution is 2.16. The number of aromatic nitrogens is 3. The van der Waals surface area contributed by atoms with Crippen LogP contribution >= 0.6 is 0 Å². The van der Waals surface area contributed by atoms with E-state index in [1.165, 1.54) is 0 Å². The maximum atomic E-state index is 12.0. The van der Waals surface area contributed by atoms with Gasteiger partial charge >= 0.3 is 6.09 Å². The van der Waals surface area contributed by atoms with Gasteiger partial charge in [0.25, 0.3) is 0 Å². The Morgan fingerprint density at radius 2 is 2.33 bits per heavy atom. The summed E-state index contributed by atoms with van der Waals surface area (Å²) >= 11 is 0. The highest BCUT2D eigenvalue weighted by molar-refractivity contribution is 5.68. The summed E-state index contributed by atoms with van der Waals surface area (Å²) in [6.45, 7) is 7.49. The summed E-state index contributed by atoms with van der Waals surface area (Å²) in [4.78, 5) is 13.7. The first-order valence-electron chi connectivity index (χ1n) is 6.03. The van der Waals surface area contributed by atoms with Crippen LogP contribution < -0.4 is 5.32 Å². The molecule has 18 heavy (non-hydrogen) atoms. The second kappa shape index (κ2) is 4.93. The first-order valence-corrected chi connectivity index (χ1v) is 6.03. The van der Waals surface area contributed by atoms with Crippen molar-refractivity contribution in [2.75, 3.05) is 19.6 Å². The molecule has 0 aliphatic carbocycles. The normalized spacial score (nSPS) is 20.8. The maximum absolute atomic E-state index is 12.0. The minimum atomic E-state index is -0.467. The fraction of sp³-hybridized carbons (Fsp3) is 0.727. The van der Waals surface area contributed by atoms with Gasteiger partial charge in [-0.3, -0.25) is 0 Å². The van der Waals surface area contributed by atoms with Crippen LogP contribution in [0.15, 0.2) is 6.20 Å². The maximum Gasteiger partial charge on any atom is 0.410 e. The van der Waals surface area contributed by atoms with Gasteiger partial charge in [-0.2, -0.15) is 15.4 Å². The topological polar surface area (TPSA) is 83.1 Å². The average molecular weight is 253 g/mol. The van der Waals surface area contributed by atoms with E-state index in [1.54, 1.807) is 11.1 Å². The van der Waals surface area contributed by atoms with Gasteiger partial charge in [-0.05, 0) is 20.8 Å². The van der Waals surface area contributed by atoms with Gasteiger partial charge in [0.05, 0.1) is 12.2 Å². The third-order valence-electron chi connectivity index (χ3n) is 2.62. The number of carbonyl (C=O) groups excluding carboxylic acids is 1. The highest BCUT2D eigenvalue weighted by Gasteiger charge is 2.28. The number of nitrogens with zero attached hydrogens (tertiary/aromatic N) is 3. The standard InChI is InChI=1S/C11H19N5O2/c1-11(2,3)18-10(17)16-5-4-12-9(7-16)8-6-13-15-14-8/h6,9,12H,4-5,7H2,1-3H3,(H,13,14,15). The molecule has 1 aliphatic rings. The van der Waals surface area contributed by atoms with Gasteiger partial charge in [0.1, 0.15) is 11.3 Å². The van der Waals surface area contributed by atoms with Crippen LogP contribution in [0.1, 0.15) is 32.5 Å². The largest absolute Gasteiger partial charge is 0.444 e. The van der Waals surface area contributed by atoms with Gasteiger partial charge in [0, 0.05) is 19.6 Å². The summed E-state index contributed by atoms with van der Waals surface area (Å²) in [5, 5.41) is 13.7. The van der Waals surface area contributed by atoms with Gasteiger partial charge in [-0.25, -0.2) is 4.79 Å². The average Bonchev–Trinajstić information content (AvgIpc) is 2.80. The molecule has 1 amide bonds. The minimum absolute atomic E-state index is 0.00465. The smallest absolute Gasteiger partial charge is 0.410 e. The van der Waals surface area contributed by atoms with Crippen molar-refractivity contribution in [2.45, 2.75) is 32.4 Å². The first kappa shape index (κ1) is 12.8. The molecule has 1 aromatic rings. The molecular formula is C11H19N5O2. The molecule has 1 fully saturated rings. The molecule has 1 saturated heterocycles. The van der Waals surface area contributed by atoms with Crippen molar-refractivity contribution in [3.63, 3.8) is 0 Å². The van der Waals surface area contributed by atoms with E-state index in [0.29, 0.717) is 13.1 Å². The van der Waals surface area contributed by atoms with E-state index >= 15 is 0 Å². The number of amides is 1. The zero-order valence-corrected chi connectivity index (χ0v) is 10.9. The number of rotatable bonds is 1. The Morgan fingerprint density at radius 1 is 1.56 bits per heavy atom. The number of ether oxygens (including phenoxy) is 1. The molecule has 0 radical (unpaired) electrons. The van der Waals surface area contributed by atoms with Crippen molar-refractivity contribution in [1.29, 1.82) is 0 Å². The van der Waals surface area contributed by atoms with Crippen molar-refractivity contribution in [2.24, 2.45) is 0 Å². The van der Waals surface area contributed by atoms with Crippen molar-refractivity contribution < 1.29 is 9.53 Å². The predicted octanol–water partition coefficient (Wildman–Crippen LogP) is 0.686. The zero-order valence-electron chi connectivity index (χ0n) is 10.9. The summed E-state index contributed by atoms with van der Waals surface area (Å²) in [5.41, 5.74) is 0.342.